The van der Waals surface area contributed by atoms with E-state index in [0.29, 0.717) is 33.6 Å². The van der Waals surface area contributed by atoms with Gasteiger partial charge >= 0.3 is 0 Å². The van der Waals surface area contributed by atoms with E-state index in [0.717, 1.165) is 5.56 Å². The number of nitrogens with zero attached hydrogens (tertiary/aromatic N) is 4. The van der Waals surface area contributed by atoms with Gasteiger partial charge in [0.25, 0.3) is 0 Å². The number of tetrazole rings is 1. The van der Waals surface area contributed by atoms with Crippen molar-refractivity contribution < 1.29 is 19.4 Å². The molecule has 0 saturated carbocycles. The zero-order chi connectivity index (χ0) is 27.1. The molecule has 4 aromatic rings. The molecule has 194 valence electrons. The van der Waals surface area contributed by atoms with Crippen molar-refractivity contribution in [3.63, 3.8) is 0 Å². The third kappa shape index (κ3) is 7.34. The molecule has 0 aliphatic heterocycles. The number of hydrogen-bond donors (Lipinski definition) is 3. The summed E-state index contributed by atoms with van der Waals surface area (Å²) in [5, 5.41) is 14.8. The normalized spacial score (nSPS) is 12.4. The molecule has 11 heteroatoms. The second-order valence-electron chi connectivity index (χ2n) is 8.58. The molecule has 3 aromatic carbocycles. The highest BCUT2D eigenvalue weighted by Gasteiger charge is 2.21. The van der Waals surface area contributed by atoms with Gasteiger partial charge in [0.05, 0.1) is 11.7 Å². The van der Waals surface area contributed by atoms with Crippen LogP contribution in [-0.4, -0.2) is 54.0 Å². The van der Waals surface area contributed by atoms with Crippen LogP contribution in [0.1, 0.15) is 16.7 Å². The smallest absolute Gasteiger partial charge is 0.244 e. The van der Waals surface area contributed by atoms with E-state index >= 15 is 0 Å². The highest BCUT2D eigenvalue weighted by atomic mass is 35.5. The van der Waals surface area contributed by atoms with E-state index in [-0.39, 0.29) is 12.2 Å². The van der Waals surface area contributed by atoms with E-state index in [2.05, 4.69) is 27.1 Å². The maximum absolute atomic E-state index is 13.3. The van der Waals surface area contributed by atoms with E-state index in [1.54, 1.807) is 48.5 Å². The first-order chi connectivity index (χ1) is 18.2. The van der Waals surface area contributed by atoms with Crippen molar-refractivity contribution in [2.75, 3.05) is 0 Å². The molecule has 0 radical (unpaired) electrons. The molecule has 0 bridgehead atoms. The van der Waals surface area contributed by atoms with Crippen LogP contribution in [0.5, 0.6) is 0 Å². The largest absolute Gasteiger partial charge is 0.350 e. The number of benzene rings is 3. The lowest BCUT2D eigenvalue weighted by Gasteiger charge is -2.18. The number of ketones is 1. The van der Waals surface area contributed by atoms with Gasteiger partial charge in [-0.3, -0.25) is 9.59 Å². The van der Waals surface area contributed by atoms with Gasteiger partial charge in [-0.05, 0) is 70.7 Å². The quantitative estimate of drug-likeness (QED) is 0.205. The number of aromatic nitrogens is 4. The molecule has 1 heterocycles. The maximum Gasteiger partial charge on any atom is 0.244 e. The molecule has 0 aliphatic rings. The summed E-state index contributed by atoms with van der Waals surface area (Å²) in [5.41, 5.74) is 2.82. The zero-order valence-corrected chi connectivity index (χ0v) is 21.8. The van der Waals surface area contributed by atoms with Crippen molar-refractivity contribution >= 4 is 48.3 Å². The van der Waals surface area contributed by atoms with Gasteiger partial charge in [-0.15, -0.1) is 5.10 Å². The third-order valence-electron chi connectivity index (χ3n) is 5.72. The Kier molecular flexibility index (Phi) is 8.66. The SMILES string of the molecule is C=P(O)(O)c1ccc(CC(=O)[C@H](Cc2ccccc2)NC(=O)/C=C/c2cc(Cl)ccc2-n2cnnn2)cc1. The molecule has 1 amide bonds. The number of carbonyl (C=O) groups excluding carboxylic acids is 2. The van der Waals surface area contributed by atoms with Crippen molar-refractivity contribution in [3.8, 4) is 5.69 Å². The number of rotatable bonds is 10. The molecular formula is C27H25ClN5O4P. The van der Waals surface area contributed by atoms with Crippen molar-refractivity contribution in [1.29, 1.82) is 0 Å². The number of Topliss-reactive ketones (excluding diaryl/α,β-unsaturated/α-hetero) is 1. The van der Waals surface area contributed by atoms with E-state index in [1.807, 2.05) is 30.3 Å². The minimum absolute atomic E-state index is 0.0545. The van der Waals surface area contributed by atoms with Gasteiger partial charge < -0.3 is 15.1 Å². The van der Waals surface area contributed by atoms with E-state index in [1.165, 1.54) is 17.1 Å². The molecule has 0 spiro atoms. The molecule has 0 saturated heterocycles. The van der Waals surface area contributed by atoms with Gasteiger partial charge in [0.2, 0.25) is 5.91 Å². The van der Waals surface area contributed by atoms with Crippen LogP contribution in [0.25, 0.3) is 11.8 Å². The summed E-state index contributed by atoms with van der Waals surface area (Å²) in [4.78, 5) is 45.7. The zero-order valence-electron chi connectivity index (χ0n) is 20.2. The van der Waals surface area contributed by atoms with E-state index < -0.39 is 19.3 Å². The summed E-state index contributed by atoms with van der Waals surface area (Å²) in [6.45, 7) is 0. The van der Waals surface area contributed by atoms with Gasteiger partial charge in [0.1, 0.15) is 13.7 Å². The first-order valence-electron chi connectivity index (χ1n) is 11.6. The molecule has 0 fully saturated rings. The second kappa shape index (κ2) is 12.1. The third-order valence-corrected chi connectivity index (χ3v) is 7.08. The predicted octanol–water partition coefficient (Wildman–Crippen LogP) is 2.76. The molecule has 0 aliphatic carbocycles. The molecular weight excluding hydrogens is 525 g/mol. The highest BCUT2D eigenvalue weighted by Crippen LogP contribution is 2.32. The number of nitrogens with one attached hydrogen (secondary N) is 1. The topological polar surface area (TPSA) is 130 Å². The van der Waals surface area contributed by atoms with Gasteiger partial charge in [0.15, 0.2) is 5.78 Å². The van der Waals surface area contributed by atoms with E-state index in [4.69, 9.17) is 11.6 Å². The van der Waals surface area contributed by atoms with Gasteiger partial charge in [-0.1, -0.05) is 54.1 Å². The lowest BCUT2D eigenvalue weighted by atomic mass is 9.97. The van der Waals surface area contributed by atoms with Gasteiger partial charge in [0, 0.05) is 28.4 Å². The number of amides is 1. The molecule has 1 atom stereocenters. The summed E-state index contributed by atoms with van der Waals surface area (Å²) < 4.78 is 1.45. The Morgan fingerprint density at radius 3 is 2.45 bits per heavy atom. The molecule has 1 aromatic heterocycles. The Morgan fingerprint density at radius 2 is 1.79 bits per heavy atom. The molecule has 0 unspecified atom stereocenters. The first kappa shape index (κ1) is 27.2. The van der Waals surface area contributed by atoms with Gasteiger partial charge in [-0.25, -0.2) is 0 Å². The second-order valence-corrected chi connectivity index (χ2v) is 11.0. The fourth-order valence-corrected chi connectivity index (χ4v) is 4.60. The average Bonchev–Trinajstić information content (AvgIpc) is 3.42. The van der Waals surface area contributed by atoms with Crippen LogP contribution in [-0.2, 0) is 22.4 Å². The first-order valence-corrected chi connectivity index (χ1v) is 13.8. The van der Waals surface area contributed by atoms with Crippen LogP contribution in [0.4, 0.5) is 0 Å². The summed E-state index contributed by atoms with van der Waals surface area (Å²) in [5.74, 6) is -0.645. The molecule has 38 heavy (non-hydrogen) atoms. The average molecular weight is 550 g/mol. The van der Waals surface area contributed by atoms with Crippen molar-refractivity contribution in [1.82, 2.24) is 25.5 Å². The molecule has 9 nitrogen and oxygen atoms in total. The fourth-order valence-electron chi connectivity index (χ4n) is 3.80. The number of hydrogen-bond acceptors (Lipinski definition) is 7. The summed E-state index contributed by atoms with van der Waals surface area (Å²) in [6, 6.07) is 20.1. The van der Waals surface area contributed by atoms with Crippen LogP contribution in [0.15, 0.2) is 85.2 Å². The summed E-state index contributed by atoms with van der Waals surface area (Å²) in [7, 11) is -3.38. The highest BCUT2D eigenvalue weighted by molar-refractivity contribution is 7.70. The summed E-state index contributed by atoms with van der Waals surface area (Å²) >= 11 is 6.15. The monoisotopic (exact) mass is 549 g/mol. The Balaban J connectivity index is 1.52. The van der Waals surface area contributed by atoms with Crippen molar-refractivity contribution in [2.24, 2.45) is 0 Å². The lowest BCUT2D eigenvalue weighted by Crippen LogP contribution is -2.42. The van der Waals surface area contributed by atoms with Gasteiger partial charge in [-0.2, -0.15) is 4.68 Å². The van der Waals surface area contributed by atoms with Crippen molar-refractivity contribution in [2.45, 2.75) is 18.9 Å². The van der Waals surface area contributed by atoms with Crippen molar-refractivity contribution in [3.05, 3.63) is 107 Å². The standard InChI is InChI=1S/C27H25ClN5O4P/c1-38(36,37)23-11-7-20(8-12-23)16-26(34)24(15-19-5-3-2-4-6-19)30-27(35)14-9-21-17-22(28)10-13-25(21)33-18-29-31-32-33/h2-14,17-18,24,36-37H,1,15-16H2,(H,30,35)/b14-9+/t24-/m0/s1. The predicted molar refractivity (Wildman–Crippen MR) is 149 cm³/mol. The Labute approximate surface area is 224 Å². The van der Waals surface area contributed by atoms with Crippen LogP contribution < -0.4 is 10.6 Å². The van der Waals surface area contributed by atoms with Crippen LogP contribution in [0.3, 0.4) is 0 Å². The summed E-state index contributed by atoms with van der Waals surface area (Å²) in [6.07, 6.45) is 8.10. The minimum atomic E-state index is -3.38. The molecule has 4 rings (SSSR count). The Bertz CT molecular complexity index is 1490. The van der Waals surface area contributed by atoms with E-state index in [9.17, 15) is 19.4 Å². The fraction of sp³-hybridized carbons (Fsp3) is 0.111. The van der Waals surface area contributed by atoms with Crippen LogP contribution >= 0.6 is 18.9 Å². The van der Waals surface area contributed by atoms with Crippen LogP contribution in [0.2, 0.25) is 5.02 Å². The maximum atomic E-state index is 13.3. The lowest BCUT2D eigenvalue weighted by molar-refractivity contribution is -0.125. The Morgan fingerprint density at radius 1 is 1.05 bits per heavy atom. The number of halogens is 1. The van der Waals surface area contributed by atoms with Crippen LogP contribution in [0, 0.1) is 0 Å². The number of carbonyl (C=O) groups is 2. The Hall–Kier alpha value is -3.88. The molecule has 3 N–H and O–H groups in total. The minimum Gasteiger partial charge on any atom is -0.350 e.